The van der Waals surface area contributed by atoms with Gasteiger partial charge in [0, 0.05) is 18.5 Å². The van der Waals surface area contributed by atoms with Crippen molar-refractivity contribution in [1.82, 2.24) is 14.4 Å². The molecule has 0 fully saturated rings. The molecule has 0 aliphatic rings. The van der Waals surface area contributed by atoms with E-state index in [1.165, 1.54) is 13.2 Å². The lowest BCUT2D eigenvalue weighted by atomic mass is 10.4. The van der Waals surface area contributed by atoms with Crippen molar-refractivity contribution >= 4 is 11.6 Å². The van der Waals surface area contributed by atoms with Gasteiger partial charge >= 0.3 is 12.0 Å². The quantitative estimate of drug-likeness (QED) is 0.748. The SMILES string of the molecule is COc1nc(C(=O)O)cc2nccn12. The van der Waals surface area contributed by atoms with Crippen LogP contribution in [0, 0.1) is 0 Å². The van der Waals surface area contributed by atoms with Crippen LogP contribution in [0.15, 0.2) is 18.5 Å². The van der Waals surface area contributed by atoms with Gasteiger partial charge in [-0.2, -0.15) is 4.98 Å². The number of nitrogens with zero attached hydrogens (tertiary/aromatic N) is 3. The van der Waals surface area contributed by atoms with Gasteiger partial charge in [0.15, 0.2) is 5.69 Å². The average molecular weight is 193 g/mol. The Hall–Kier alpha value is -2.11. The first-order chi connectivity index (χ1) is 6.72. The van der Waals surface area contributed by atoms with E-state index in [9.17, 15) is 4.79 Å². The van der Waals surface area contributed by atoms with Gasteiger partial charge in [-0.25, -0.2) is 9.78 Å². The molecule has 6 nitrogen and oxygen atoms in total. The largest absolute Gasteiger partial charge is 0.477 e. The van der Waals surface area contributed by atoms with Gasteiger partial charge in [0.2, 0.25) is 0 Å². The van der Waals surface area contributed by atoms with Gasteiger partial charge in [0.1, 0.15) is 5.65 Å². The van der Waals surface area contributed by atoms with Gasteiger partial charge in [-0.3, -0.25) is 4.40 Å². The predicted molar refractivity (Wildman–Crippen MR) is 46.5 cm³/mol. The molecule has 2 rings (SSSR count). The van der Waals surface area contributed by atoms with Crippen LogP contribution >= 0.6 is 0 Å². The van der Waals surface area contributed by atoms with Gasteiger partial charge in [-0.1, -0.05) is 0 Å². The van der Waals surface area contributed by atoms with Crippen LogP contribution in [0.3, 0.4) is 0 Å². The molecule has 0 aliphatic carbocycles. The highest BCUT2D eigenvalue weighted by molar-refractivity contribution is 5.86. The maximum atomic E-state index is 10.7. The number of ether oxygens (including phenoxy) is 1. The van der Waals surface area contributed by atoms with Crippen LogP contribution in [0.2, 0.25) is 0 Å². The van der Waals surface area contributed by atoms with Gasteiger partial charge < -0.3 is 9.84 Å². The van der Waals surface area contributed by atoms with Crippen molar-refractivity contribution in [3.63, 3.8) is 0 Å². The monoisotopic (exact) mass is 193 g/mol. The van der Waals surface area contributed by atoms with Crippen LogP contribution in [-0.2, 0) is 0 Å². The molecular formula is C8H7N3O3. The lowest BCUT2D eigenvalue weighted by Gasteiger charge is -2.03. The molecular weight excluding hydrogens is 186 g/mol. The minimum Gasteiger partial charge on any atom is -0.477 e. The van der Waals surface area contributed by atoms with E-state index in [0.717, 1.165) is 0 Å². The summed E-state index contributed by atoms with van der Waals surface area (Å²) in [4.78, 5) is 18.4. The Labute approximate surface area is 78.8 Å². The molecule has 6 heteroatoms. The Morgan fingerprint density at radius 1 is 1.64 bits per heavy atom. The molecule has 0 atom stereocenters. The summed E-state index contributed by atoms with van der Waals surface area (Å²) in [5, 5.41) is 8.75. The van der Waals surface area contributed by atoms with E-state index >= 15 is 0 Å². The normalized spacial score (nSPS) is 10.4. The van der Waals surface area contributed by atoms with Crippen molar-refractivity contribution in [1.29, 1.82) is 0 Å². The van der Waals surface area contributed by atoms with Gasteiger partial charge in [0.25, 0.3) is 0 Å². The van der Waals surface area contributed by atoms with Crippen molar-refractivity contribution in [2.24, 2.45) is 0 Å². The second-order valence-corrected chi connectivity index (χ2v) is 2.59. The molecule has 0 amide bonds. The Morgan fingerprint density at radius 2 is 2.43 bits per heavy atom. The number of methoxy groups -OCH3 is 1. The highest BCUT2D eigenvalue weighted by Crippen LogP contribution is 2.12. The molecule has 2 aromatic heterocycles. The fourth-order valence-electron chi connectivity index (χ4n) is 1.15. The third kappa shape index (κ3) is 1.17. The van der Waals surface area contributed by atoms with E-state index < -0.39 is 5.97 Å². The minimum absolute atomic E-state index is 0.0828. The molecule has 0 saturated carbocycles. The molecule has 0 aliphatic heterocycles. The maximum Gasteiger partial charge on any atom is 0.354 e. The molecule has 14 heavy (non-hydrogen) atoms. The number of fused-ring (bicyclic) bond motifs is 1. The molecule has 1 N–H and O–H groups in total. The summed E-state index contributed by atoms with van der Waals surface area (Å²) >= 11 is 0. The summed E-state index contributed by atoms with van der Waals surface area (Å²) < 4.78 is 6.49. The van der Waals surface area contributed by atoms with Crippen LogP contribution in [0.4, 0.5) is 0 Å². The van der Waals surface area contributed by atoms with Crippen molar-refractivity contribution in [2.75, 3.05) is 7.11 Å². The number of aromatic carboxylic acids is 1. The first-order valence-corrected chi connectivity index (χ1v) is 3.84. The first-order valence-electron chi connectivity index (χ1n) is 3.84. The molecule has 0 saturated heterocycles. The molecule has 2 aromatic rings. The van der Waals surface area contributed by atoms with Crippen molar-refractivity contribution < 1.29 is 14.6 Å². The number of carboxylic acid groups (broad SMARTS) is 1. The molecule has 2 heterocycles. The van der Waals surface area contributed by atoms with Gasteiger partial charge in [0.05, 0.1) is 7.11 Å². The van der Waals surface area contributed by atoms with Crippen LogP contribution < -0.4 is 4.74 Å². The highest BCUT2D eigenvalue weighted by atomic mass is 16.5. The topological polar surface area (TPSA) is 76.7 Å². The van der Waals surface area contributed by atoms with E-state index in [0.29, 0.717) is 5.65 Å². The van der Waals surface area contributed by atoms with Crippen LogP contribution in [0.5, 0.6) is 6.01 Å². The Balaban J connectivity index is 2.73. The number of carboxylic acids is 1. The number of aromatic nitrogens is 3. The fourth-order valence-corrected chi connectivity index (χ4v) is 1.15. The fraction of sp³-hybridized carbons (Fsp3) is 0.125. The van der Waals surface area contributed by atoms with Gasteiger partial charge in [-0.15, -0.1) is 0 Å². The van der Waals surface area contributed by atoms with Crippen LogP contribution in [0.1, 0.15) is 10.5 Å². The summed E-state index contributed by atoms with van der Waals surface area (Å²) in [6.45, 7) is 0. The van der Waals surface area contributed by atoms with Crippen molar-refractivity contribution in [2.45, 2.75) is 0 Å². The lowest BCUT2D eigenvalue weighted by molar-refractivity contribution is 0.0689. The summed E-state index contributed by atoms with van der Waals surface area (Å²) in [5.41, 5.74) is 0.412. The van der Waals surface area contributed by atoms with Crippen molar-refractivity contribution in [3.05, 3.63) is 24.2 Å². The number of rotatable bonds is 2. The van der Waals surface area contributed by atoms with Crippen LogP contribution in [-0.4, -0.2) is 32.6 Å². The summed E-state index contributed by atoms with van der Waals surface area (Å²) in [6.07, 6.45) is 3.19. The lowest BCUT2D eigenvalue weighted by Crippen LogP contribution is -2.05. The number of hydrogen-bond acceptors (Lipinski definition) is 4. The number of hydrogen-bond donors (Lipinski definition) is 1. The van der Waals surface area contributed by atoms with Crippen molar-refractivity contribution in [3.8, 4) is 6.01 Å². The minimum atomic E-state index is -1.10. The van der Waals surface area contributed by atoms with E-state index in [-0.39, 0.29) is 11.7 Å². The third-order valence-corrected chi connectivity index (χ3v) is 1.76. The maximum absolute atomic E-state index is 10.7. The average Bonchev–Trinajstić information content (AvgIpc) is 2.63. The number of imidazole rings is 1. The zero-order valence-electron chi connectivity index (χ0n) is 7.34. The Bertz CT molecular complexity index is 492. The standard InChI is InChI=1S/C8H7N3O3/c1-14-8-10-5(7(12)13)4-6-9-2-3-11(6)8/h2-4H,1H3,(H,12,13). The second kappa shape index (κ2) is 2.99. The highest BCUT2D eigenvalue weighted by Gasteiger charge is 2.11. The van der Waals surface area contributed by atoms with E-state index in [4.69, 9.17) is 9.84 Å². The smallest absolute Gasteiger partial charge is 0.354 e. The summed E-state index contributed by atoms with van der Waals surface area (Å²) in [5.74, 6) is -1.10. The Kier molecular flexibility index (Phi) is 1.81. The molecule has 0 bridgehead atoms. The van der Waals surface area contributed by atoms with Gasteiger partial charge in [-0.05, 0) is 0 Å². The zero-order valence-corrected chi connectivity index (χ0v) is 7.34. The van der Waals surface area contributed by atoms with E-state index in [1.807, 2.05) is 0 Å². The summed E-state index contributed by atoms with van der Waals surface area (Å²) in [7, 11) is 1.42. The predicted octanol–water partition coefficient (Wildman–Crippen LogP) is 0.436. The van der Waals surface area contributed by atoms with E-state index in [1.54, 1.807) is 16.8 Å². The molecule has 0 unspecified atom stereocenters. The molecule has 72 valence electrons. The molecule has 0 radical (unpaired) electrons. The number of carbonyl (C=O) groups is 1. The summed E-state index contributed by atoms with van der Waals surface area (Å²) in [6, 6.07) is 1.59. The van der Waals surface area contributed by atoms with E-state index in [2.05, 4.69) is 9.97 Å². The first kappa shape index (κ1) is 8.49. The zero-order chi connectivity index (χ0) is 10.1. The molecule has 0 spiro atoms. The molecule has 0 aromatic carbocycles. The second-order valence-electron chi connectivity index (χ2n) is 2.59. The third-order valence-electron chi connectivity index (χ3n) is 1.76. The Morgan fingerprint density at radius 3 is 3.07 bits per heavy atom. The van der Waals surface area contributed by atoms with Crippen LogP contribution in [0.25, 0.3) is 5.65 Å².